The van der Waals surface area contributed by atoms with Gasteiger partial charge in [0.2, 0.25) is 0 Å². The molecule has 7 nitrogen and oxygen atoms in total. The zero-order chi connectivity index (χ0) is 21.8. The van der Waals surface area contributed by atoms with Crippen LogP contribution in [0.15, 0.2) is 66.3 Å². The highest BCUT2D eigenvalue weighted by Gasteiger charge is 2.19. The summed E-state index contributed by atoms with van der Waals surface area (Å²) >= 11 is 0. The lowest BCUT2D eigenvalue weighted by atomic mass is 10.1. The molecule has 156 valence electrons. The Morgan fingerprint density at radius 1 is 0.733 bits per heavy atom. The van der Waals surface area contributed by atoms with Crippen molar-refractivity contribution in [3.63, 3.8) is 0 Å². The summed E-state index contributed by atoms with van der Waals surface area (Å²) in [7, 11) is 2.38. The molecule has 0 heterocycles. The SMILES string of the molecule is COC(=O)C(=Cc1ccc(OCC=CCOc2ccc(C=O)cc2)cc1)C(=O)OC. The molecule has 0 saturated heterocycles. The molecule has 2 aromatic carbocycles. The topological polar surface area (TPSA) is 88.1 Å². The molecule has 0 radical (unpaired) electrons. The summed E-state index contributed by atoms with van der Waals surface area (Å²) in [5.41, 5.74) is 1.02. The number of carbonyl (C=O) groups excluding carboxylic acids is 3. The second-order valence-electron chi connectivity index (χ2n) is 5.89. The lowest BCUT2D eigenvalue weighted by molar-refractivity contribution is -0.143. The highest BCUT2D eigenvalue weighted by molar-refractivity contribution is 6.17. The van der Waals surface area contributed by atoms with Crippen LogP contribution >= 0.6 is 0 Å². The van der Waals surface area contributed by atoms with Crippen LogP contribution < -0.4 is 9.47 Å². The molecule has 0 atom stereocenters. The average molecular weight is 410 g/mol. The third-order valence-electron chi connectivity index (χ3n) is 3.88. The van der Waals surface area contributed by atoms with Crippen LogP contribution in [0.25, 0.3) is 6.08 Å². The molecule has 0 saturated carbocycles. The minimum absolute atomic E-state index is 0.197. The van der Waals surface area contributed by atoms with Crippen molar-refractivity contribution < 1.29 is 33.3 Å². The van der Waals surface area contributed by atoms with Crippen molar-refractivity contribution in [1.82, 2.24) is 0 Å². The predicted octanol–water partition coefficient (Wildman–Crippen LogP) is 3.24. The van der Waals surface area contributed by atoms with Gasteiger partial charge in [-0.25, -0.2) is 9.59 Å². The van der Waals surface area contributed by atoms with E-state index in [4.69, 9.17) is 9.47 Å². The highest BCUT2D eigenvalue weighted by Crippen LogP contribution is 2.16. The van der Waals surface area contributed by atoms with Gasteiger partial charge in [-0.1, -0.05) is 12.1 Å². The number of hydrogen-bond acceptors (Lipinski definition) is 7. The summed E-state index contributed by atoms with van der Waals surface area (Å²) in [5.74, 6) is -0.239. The first kappa shape index (κ1) is 22.4. The number of esters is 2. The Bertz CT molecular complexity index is 892. The third kappa shape index (κ3) is 6.94. The largest absolute Gasteiger partial charge is 0.490 e. The standard InChI is InChI=1S/C23H22O7/c1-27-22(25)21(23(26)28-2)15-17-5-9-19(10-6-17)29-13-3-4-14-30-20-11-7-18(16-24)8-12-20/h3-12,15-16H,13-14H2,1-2H3. The molecule has 0 unspecified atom stereocenters. The van der Waals surface area contributed by atoms with Crippen LogP contribution in [0.3, 0.4) is 0 Å². The number of aldehydes is 1. The van der Waals surface area contributed by atoms with Crippen LogP contribution in [-0.2, 0) is 19.1 Å². The summed E-state index contributed by atoms with van der Waals surface area (Å²) in [6.45, 7) is 0.718. The van der Waals surface area contributed by atoms with E-state index in [1.165, 1.54) is 20.3 Å². The Hall–Kier alpha value is -3.87. The van der Waals surface area contributed by atoms with Gasteiger partial charge in [-0.05, 0) is 60.2 Å². The smallest absolute Gasteiger partial charge is 0.345 e. The average Bonchev–Trinajstić information content (AvgIpc) is 2.80. The number of ether oxygens (including phenoxy) is 4. The van der Waals surface area contributed by atoms with Gasteiger partial charge in [0.25, 0.3) is 0 Å². The van der Waals surface area contributed by atoms with Gasteiger partial charge in [0.05, 0.1) is 14.2 Å². The molecule has 2 aromatic rings. The van der Waals surface area contributed by atoms with Gasteiger partial charge < -0.3 is 18.9 Å². The molecule has 0 amide bonds. The van der Waals surface area contributed by atoms with E-state index in [1.54, 1.807) is 48.5 Å². The second-order valence-corrected chi connectivity index (χ2v) is 5.89. The third-order valence-corrected chi connectivity index (χ3v) is 3.88. The van der Waals surface area contributed by atoms with Crippen LogP contribution in [-0.4, -0.2) is 45.7 Å². The number of benzene rings is 2. The predicted molar refractivity (Wildman–Crippen MR) is 110 cm³/mol. The van der Waals surface area contributed by atoms with Crippen LogP contribution in [0.4, 0.5) is 0 Å². The van der Waals surface area contributed by atoms with Crippen molar-refractivity contribution in [2.75, 3.05) is 27.4 Å². The molecule has 0 N–H and O–H groups in total. The normalized spacial score (nSPS) is 10.2. The summed E-state index contributed by atoms with van der Waals surface area (Å²) in [5, 5.41) is 0. The molecular weight excluding hydrogens is 388 g/mol. The minimum Gasteiger partial charge on any atom is -0.490 e. The molecule has 0 aliphatic rings. The maximum Gasteiger partial charge on any atom is 0.345 e. The Morgan fingerprint density at radius 2 is 1.17 bits per heavy atom. The van der Waals surface area contributed by atoms with E-state index in [0.717, 1.165) is 6.29 Å². The zero-order valence-corrected chi connectivity index (χ0v) is 16.7. The summed E-state index contributed by atoms with van der Waals surface area (Å²) in [4.78, 5) is 34.0. The summed E-state index contributed by atoms with van der Waals surface area (Å²) in [6, 6.07) is 13.7. The first-order valence-electron chi connectivity index (χ1n) is 9.01. The van der Waals surface area contributed by atoms with Crippen molar-refractivity contribution in [3.05, 3.63) is 77.4 Å². The second kappa shape index (κ2) is 11.9. The molecule has 0 fully saturated rings. The van der Waals surface area contributed by atoms with Gasteiger partial charge in [0.1, 0.15) is 36.6 Å². The Morgan fingerprint density at radius 3 is 1.57 bits per heavy atom. The van der Waals surface area contributed by atoms with Gasteiger partial charge in [0, 0.05) is 5.56 Å². The maximum absolute atomic E-state index is 11.7. The van der Waals surface area contributed by atoms with Gasteiger partial charge in [-0.2, -0.15) is 0 Å². The monoisotopic (exact) mass is 410 g/mol. The van der Waals surface area contributed by atoms with Crippen molar-refractivity contribution in [1.29, 1.82) is 0 Å². The summed E-state index contributed by atoms with van der Waals surface area (Å²) < 4.78 is 20.3. The number of carbonyl (C=O) groups is 3. The van der Waals surface area contributed by atoms with Crippen LogP contribution in [0.5, 0.6) is 11.5 Å². The first-order valence-corrected chi connectivity index (χ1v) is 9.01. The Balaban J connectivity index is 1.83. The summed E-state index contributed by atoms with van der Waals surface area (Å²) in [6.07, 6.45) is 5.81. The maximum atomic E-state index is 11.7. The number of hydrogen-bond donors (Lipinski definition) is 0. The number of methoxy groups -OCH3 is 2. The van der Waals surface area contributed by atoms with E-state index in [9.17, 15) is 14.4 Å². The molecule has 30 heavy (non-hydrogen) atoms. The fraction of sp³-hybridized carbons (Fsp3) is 0.174. The van der Waals surface area contributed by atoms with E-state index < -0.39 is 11.9 Å². The van der Waals surface area contributed by atoms with Crippen molar-refractivity contribution in [3.8, 4) is 11.5 Å². The van der Waals surface area contributed by atoms with Crippen molar-refractivity contribution in [2.45, 2.75) is 0 Å². The van der Waals surface area contributed by atoms with Crippen molar-refractivity contribution in [2.24, 2.45) is 0 Å². The Kier molecular flexibility index (Phi) is 8.86. The quantitative estimate of drug-likeness (QED) is 0.148. The first-order chi connectivity index (χ1) is 14.6. The van der Waals surface area contributed by atoms with Crippen LogP contribution in [0.1, 0.15) is 15.9 Å². The highest BCUT2D eigenvalue weighted by atomic mass is 16.5. The number of rotatable bonds is 10. The molecule has 7 heteroatoms. The Labute approximate surface area is 174 Å². The molecule has 2 rings (SSSR count). The van der Waals surface area contributed by atoms with Crippen LogP contribution in [0, 0.1) is 0 Å². The van der Waals surface area contributed by atoms with E-state index in [0.29, 0.717) is 35.8 Å². The van der Waals surface area contributed by atoms with E-state index >= 15 is 0 Å². The molecular formula is C23H22O7. The molecule has 0 bridgehead atoms. The minimum atomic E-state index is -0.769. The van der Waals surface area contributed by atoms with E-state index in [-0.39, 0.29) is 5.57 Å². The molecule has 0 aromatic heterocycles. The van der Waals surface area contributed by atoms with Gasteiger partial charge >= 0.3 is 11.9 Å². The van der Waals surface area contributed by atoms with E-state index in [2.05, 4.69) is 9.47 Å². The zero-order valence-electron chi connectivity index (χ0n) is 16.7. The fourth-order valence-electron chi connectivity index (χ4n) is 2.32. The van der Waals surface area contributed by atoms with Gasteiger partial charge in [-0.15, -0.1) is 0 Å². The lowest BCUT2D eigenvalue weighted by Gasteiger charge is -2.06. The van der Waals surface area contributed by atoms with Gasteiger partial charge in [-0.3, -0.25) is 4.79 Å². The lowest BCUT2D eigenvalue weighted by Crippen LogP contribution is -2.15. The van der Waals surface area contributed by atoms with E-state index in [1.807, 2.05) is 12.2 Å². The fourth-order valence-corrected chi connectivity index (χ4v) is 2.32. The molecule has 0 aliphatic carbocycles. The molecule has 0 aliphatic heterocycles. The van der Waals surface area contributed by atoms with Crippen LogP contribution in [0.2, 0.25) is 0 Å². The molecule has 0 spiro atoms. The van der Waals surface area contributed by atoms with Crippen molar-refractivity contribution >= 4 is 24.3 Å². The van der Waals surface area contributed by atoms with Gasteiger partial charge in [0.15, 0.2) is 0 Å².